The number of rotatable bonds is 5. The smallest absolute Gasteiger partial charge is 0.170 e. The van der Waals surface area contributed by atoms with Crippen molar-refractivity contribution in [2.75, 3.05) is 0 Å². The molecule has 0 bridgehead atoms. The highest BCUT2D eigenvalue weighted by atomic mass is 19.1. The Morgan fingerprint density at radius 2 is 2.10 bits per heavy atom. The summed E-state index contributed by atoms with van der Waals surface area (Å²) in [5.74, 6) is 0.423. The maximum atomic E-state index is 13.3. The average molecular weight is 293 g/mol. The van der Waals surface area contributed by atoms with Gasteiger partial charge in [-0.25, -0.2) is 4.39 Å². The molecular weight excluding hydrogens is 269 g/mol. The molecule has 0 aromatic heterocycles. The molecule has 1 fully saturated rings. The first-order valence-electron chi connectivity index (χ1n) is 7.63. The van der Waals surface area contributed by atoms with E-state index >= 15 is 0 Å². The Morgan fingerprint density at radius 1 is 1.38 bits per heavy atom. The summed E-state index contributed by atoms with van der Waals surface area (Å²) in [6.07, 6.45) is 6.16. The van der Waals surface area contributed by atoms with Crippen LogP contribution in [-0.4, -0.2) is 17.1 Å². The molecule has 1 aliphatic rings. The Morgan fingerprint density at radius 3 is 2.71 bits per heavy atom. The van der Waals surface area contributed by atoms with Gasteiger partial charge in [0, 0.05) is 18.2 Å². The topological polar surface area (TPSA) is 70.6 Å². The number of nitrogens with zero attached hydrogens (tertiary/aromatic N) is 1. The summed E-state index contributed by atoms with van der Waals surface area (Å²) < 4.78 is 13.3. The predicted molar refractivity (Wildman–Crippen MR) is 81.8 cm³/mol. The third-order valence-corrected chi connectivity index (χ3v) is 4.46. The van der Waals surface area contributed by atoms with Crippen molar-refractivity contribution in [1.82, 2.24) is 5.32 Å². The molecule has 5 heteroatoms. The van der Waals surface area contributed by atoms with Crippen LogP contribution in [0.5, 0.6) is 0 Å². The first-order chi connectivity index (χ1) is 10.1. The minimum Gasteiger partial charge on any atom is -0.409 e. The number of hydrogen-bond donors (Lipinski definition) is 3. The van der Waals surface area contributed by atoms with Crippen LogP contribution in [0.2, 0.25) is 0 Å². The van der Waals surface area contributed by atoms with Crippen molar-refractivity contribution < 1.29 is 9.60 Å². The van der Waals surface area contributed by atoms with Gasteiger partial charge in [-0.1, -0.05) is 24.6 Å². The maximum Gasteiger partial charge on any atom is 0.170 e. The van der Waals surface area contributed by atoms with Crippen LogP contribution < -0.4 is 11.1 Å². The van der Waals surface area contributed by atoms with E-state index < -0.39 is 0 Å². The predicted octanol–water partition coefficient (Wildman–Crippen LogP) is 2.98. The highest BCUT2D eigenvalue weighted by molar-refractivity contribution is 5.98. The van der Waals surface area contributed by atoms with E-state index in [0.717, 1.165) is 11.5 Å². The molecule has 0 atom stereocenters. The molecule has 4 N–H and O–H groups in total. The SMILES string of the molecule is CCC1CCC(NCc2ccc(F)cc2C(N)=NO)CC1. The van der Waals surface area contributed by atoms with E-state index in [-0.39, 0.29) is 11.7 Å². The second-order valence-corrected chi connectivity index (χ2v) is 5.79. The van der Waals surface area contributed by atoms with E-state index in [1.807, 2.05) is 0 Å². The van der Waals surface area contributed by atoms with Crippen LogP contribution in [-0.2, 0) is 6.54 Å². The number of nitrogens with two attached hydrogens (primary N) is 1. The molecule has 0 heterocycles. The highest BCUT2D eigenvalue weighted by Crippen LogP contribution is 2.26. The fourth-order valence-corrected chi connectivity index (χ4v) is 3.02. The van der Waals surface area contributed by atoms with E-state index in [4.69, 9.17) is 10.9 Å². The molecule has 4 nitrogen and oxygen atoms in total. The lowest BCUT2D eigenvalue weighted by molar-refractivity contribution is 0.285. The molecular formula is C16H24FN3O. The number of amidine groups is 1. The highest BCUT2D eigenvalue weighted by Gasteiger charge is 2.20. The quantitative estimate of drug-likeness (QED) is 0.338. The zero-order valence-electron chi connectivity index (χ0n) is 12.5. The van der Waals surface area contributed by atoms with Crippen LogP contribution in [0.4, 0.5) is 4.39 Å². The lowest BCUT2D eigenvalue weighted by atomic mass is 9.84. The van der Waals surface area contributed by atoms with Gasteiger partial charge in [0.2, 0.25) is 0 Å². The van der Waals surface area contributed by atoms with Crippen LogP contribution in [0.25, 0.3) is 0 Å². The lowest BCUT2D eigenvalue weighted by Gasteiger charge is -2.28. The van der Waals surface area contributed by atoms with E-state index in [2.05, 4.69) is 17.4 Å². The van der Waals surface area contributed by atoms with Gasteiger partial charge in [-0.3, -0.25) is 0 Å². The van der Waals surface area contributed by atoms with E-state index in [9.17, 15) is 4.39 Å². The summed E-state index contributed by atoms with van der Waals surface area (Å²) in [7, 11) is 0. The third kappa shape index (κ3) is 4.17. The second-order valence-electron chi connectivity index (χ2n) is 5.79. The zero-order chi connectivity index (χ0) is 15.2. The molecule has 0 aliphatic heterocycles. The van der Waals surface area contributed by atoms with Crippen LogP contribution in [0, 0.1) is 11.7 Å². The van der Waals surface area contributed by atoms with Crippen molar-refractivity contribution in [3.8, 4) is 0 Å². The van der Waals surface area contributed by atoms with Gasteiger partial charge in [-0.2, -0.15) is 0 Å². The van der Waals surface area contributed by atoms with Crippen molar-refractivity contribution in [1.29, 1.82) is 0 Å². The molecule has 116 valence electrons. The van der Waals surface area contributed by atoms with Gasteiger partial charge >= 0.3 is 0 Å². The Hall–Kier alpha value is -1.62. The Bertz CT molecular complexity index is 496. The van der Waals surface area contributed by atoms with Crippen LogP contribution >= 0.6 is 0 Å². The summed E-state index contributed by atoms with van der Waals surface area (Å²) in [5, 5.41) is 15.3. The molecule has 0 unspecified atom stereocenters. The van der Waals surface area contributed by atoms with Gasteiger partial charge in [-0.15, -0.1) is 0 Å². The minimum absolute atomic E-state index is 0.0546. The van der Waals surface area contributed by atoms with E-state index in [1.165, 1.54) is 44.2 Å². The van der Waals surface area contributed by atoms with Crippen molar-refractivity contribution in [3.05, 3.63) is 35.1 Å². The van der Waals surface area contributed by atoms with Crippen molar-refractivity contribution in [2.24, 2.45) is 16.8 Å². The third-order valence-electron chi connectivity index (χ3n) is 4.46. The number of nitrogens with one attached hydrogen (secondary N) is 1. The number of hydrogen-bond acceptors (Lipinski definition) is 3. The van der Waals surface area contributed by atoms with E-state index in [1.54, 1.807) is 6.07 Å². The van der Waals surface area contributed by atoms with Gasteiger partial charge in [0.05, 0.1) is 0 Å². The molecule has 0 spiro atoms. The fourth-order valence-electron chi connectivity index (χ4n) is 3.02. The molecule has 0 amide bonds. The Kier molecular flexibility index (Phi) is 5.56. The number of halogens is 1. The van der Waals surface area contributed by atoms with Gasteiger partial charge in [0.1, 0.15) is 5.82 Å². The number of oxime groups is 1. The minimum atomic E-state index is -0.385. The van der Waals surface area contributed by atoms with Crippen LogP contribution in [0.3, 0.4) is 0 Å². The average Bonchev–Trinajstić information content (AvgIpc) is 2.53. The van der Waals surface area contributed by atoms with Crippen LogP contribution in [0.15, 0.2) is 23.4 Å². The summed E-state index contributed by atoms with van der Waals surface area (Å²) in [4.78, 5) is 0. The molecule has 2 rings (SSSR count). The summed E-state index contributed by atoms with van der Waals surface area (Å²) in [6, 6.07) is 4.89. The maximum absolute atomic E-state index is 13.3. The van der Waals surface area contributed by atoms with Gasteiger partial charge in [0.25, 0.3) is 0 Å². The van der Waals surface area contributed by atoms with Crippen molar-refractivity contribution in [3.63, 3.8) is 0 Å². The number of benzene rings is 1. The fraction of sp³-hybridized carbons (Fsp3) is 0.562. The van der Waals surface area contributed by atoms with E-state index in [0.29, 0.717) is 18.2 Å². The van der Waals surface area contributed by atoms with Crippen molar-refractivity contribution >= 4 is 5.84 Å². The van der Waals surface area contributed by atoms with Crippen molar-refractivity contribution in [2.45, 2.75) is 51.6 Å². The Balaban J connectivity index is 1.97. The van der Waals surface area contributed by atoms with Gasteiger partial charge in [-0.05, 0) is 49.3 Å². The molecule has 1 aromatic rings. The van der Waals surface area contributed by atoms with Crippen LogP contribution in [0.1, 0.15) is 50.2 Å². The monoisotopic (exact) mass is 293 g/mol. The molecule has 0 saturated heterocycles. The molecule has 1 saturated carbocycles. The molecule has 21 heavy (non-hydrogen) atoms. The van der Waals surface area contributed by atoms with Gasteiger partial charge in [0.15, 0.2) is 5.84 Å². The normalized spacial score (nSPS) is 23.2. The molecule has 1 aliphatic carbocycles. The van der Waals surface area contributed by atoms with Gasteiger partial charge < -0.3 is 16.3 Å². The lowest BCUT2D eigenvalue weighted by Crippen LogP contribution is -2.33. The summed E-state index contributed by atoms with van der Waals surface area (Å²) >= 11 is 0. The zero-order valence-corrected chi connectivity index (χ0v) is 12.5. The first kappa shape index (κ1) is 15.8. The molecule has 1 aromatic carbocycles. The largest absolute Gasteiger partial charge is 0.409 e. The molecule has 0 radical (unpaired) electrons. The first-order valence-corrected chi connectivity index (χ1v) is 7.63. The summed E-state index contributed by atoms with van der Waals surface area (Å²) in [5.41, 5.74) is 6.92. The standard InChI is InChI=1S/C16H24FN3O/c1-2-11-3-7-14(8-4-11)19-10-12-5-6-13(17)9-15(12)16(18)20-21/h5-6,9,11,14,19,21H,2-4,7-8,10H2,1H3,(H2,18,20). The summed E-state index contributed by atoms with van der Waals surface area (Å²) in [6.45, 7) is 2.85. The Labute approximate surface area is 125 Å². The second kappa shape index (κ2) is 7.41.